The Morgan fingerprint density at radius 3 is 2.66 bits per heavy atom. The first kappa shape index (κ1) is 21.5. The molecule has 2 N–H and O–H groups in total. The van der Waals surface area contributed by atoms with Gasteiger partial charge in [0.1, 0.15) is 17.3 Å². The first-order valence-corrected chi connectivity index (χ1v) is 10.7. The third-order valence-electron chi connectivity index (χ3n) is 5.13. The lowest BCUT2D eigenvalue weighted by Gasteiger charge is -2.09. The largest absolute Gasteiger partial charge is 0.496 e. The summed E-state index contributed by atoms with van der Waals surface area (Å²) in [4.78, 5) is 13.2. The molecule has 2 aromatic carbocycles. The number of para-hydroxylation sites is 2. The van der Waals surface area contributed by atoms with Gasteiger partial charge in [-0.15, -0.1) is 0 Å². The maximum Gasteiger partial charge on any atom is 0.255 e. The Morgan fingerprint density at radius 1 is 1.16 bits per heavy atom. The van der Waals surface area contributed by atoms with Gasteiger partial charge in [0.25, 0.3) is 5.91 Å². The number of carbonyl (C=O) groups excluding carboxylic acids is 1. The molecule has 2 aromatic heterocycles. The molecule has 0 saturated heterocycles. The molecule has 0 spiro atoms. The number of amides is 1. The van der Waals surface area contributed by atoms with Gasteiger partial charge < -0.3 is 14.6 Å². The van der Waals surface area contributed by atoms with Crippen LogP contribution in [0.15, 0.2) is 60.8 Å². The summed E-state index contributed by atoms with van der Waals surface area (Å²) in [5.74, 6) is 1.24. The van der Waals surface area contributed by atoms with Gasteiger partial charge in [-0.3, -0.25) is 9.89 Å². The van der Waals surface area contributed by atoms with E-state index in [-0.39, 0.29) is 5.91 Å². The van der Waals surface area contributed by atoms with E-state index in [1.807, 2.05) is 66.1 Å². The molecular weight excluding hydrogens is 424 g/mol. The van der Waals surface area contributed by atoms with Crippen molar-refractivity contribution >= 4 is 18.1 Å². The number of nitrogens with zero attached hydrogens (tertiary/aromatic N) is 4. The molecule has 0 aliphatic rings. The van der Waals surface area contributed by atoms with Crippen LogP contribution < -0.4 is 10.1 Å². The van der Waals surface area contributed by atoms with Crippen molar-refractivity contribution in [2.45, 2.75) is 19.9 Å². The SMILES string of the molecule is CCn1c(CCNC(=O)c2cn(-c3ccccc3)nc2-c2ccccc2OC)n[nH]c1=S. The number of hydrogen-bond donors (Lipinski definition) is 2. The summed E-state index contributed by atoms with van der Waals surface area (Å²) >= 11 is 5.23. The first-order valence-electron chi connectivity index (χ1n) is 10.3. The van der Waals surface area contributed by atoms with E-state index in [1.54, 1.807) is 18.0 Å². The number of hydrogen-bond acceptors (Lipinski definition) is 5. The van der Waals surface area contributed by atoms with Crippen LogP contribution in [0, 0.1) is 4.77 Å². The zero-order valence-corrected chi connectivity index (χ0v) is 18.7. The molecule has 0 atom stereocenters. The summed E-state index contributed by atoms with van der Waals surface area (Å²) in [7, 11) is 1.60. The van der Waals surface area contributed by atoms with Crippen LogP contribution in [0.25, 0.3) is 16.9 Å². The van der Waals surface area contributed by atoms with Crippen LogP contribution in [0.2, 0.25) is 0 Å². The fourth-order valence-electron chi connectivity index (χ4n) is 3.54. The Labute approximate surface area is 190 Å². The van der Waals surface area contributed by atoms with Gasteiger partial charge >= 0.3 is 0 Å². The minimum absolute atomic E-state index is 0.217. The summed E-state index contributed by atoms with van der Waals surface area (Å²) < 4.78 is 9.71. The van der Waals surface area contributed by atoms with Crippen molar-refractivity contribution < 1.29 is 9.53 Å². The first-order chi connectivity index (χ1) is 15.6. The number of benzene rings is 2. The number of aromatic nitrogens is 5. The molecule has 9 heteroatoms. The monoisotopic (exact) mass is 448 g/mol. The zero-order valence-electron chi connectivity index (χ0n) is 17.9. The number of nitrogens with one attached hydrogen (secondary N) is 2. The molecule has 164 valence electrons. The van der Waals surface area contributed by atoms with Gasteiger partial charge in [-0.1, -0.05) is 30.3 Å². The molecule has 4 aromatic rings. The van der Waals surface area contributed by atoms with Crippen LogP contribution >= 0.6 is 12.2 Å². The standard InChI is InChI=1S/C23H24N6O2S/c1-3-28-20(25-26-23(28)32)13-14-24-22(30)18-15-29(16-9-5-4-6-10-16)27-21(18)17-11-7-8-12-19(17)31-2/h4-12,15H,3,13-14H2,1-2H3,(H,24,30)(H,26,32). The highest BCUT2D eigenvalue weighted by molar-refractivity contribution is 7.71. The average Bonchev–Trinajstić information content (AvgIpc) is 3.43. The number of H-pyrrole nitrogens is 1. The van der Waals surface area contributed by atoms with Crippen LogP contribution in [-0.4, -0.2) is 44.1 Å². The third kappa shape index (κ3) is 4.33. The Kier molecular flexibility index (Phi) is 6.46. The van der Waals surface area contributed by atoms with Crippen LogP contribution in [-0.2, 0) is 13.0 Å². The van der Waals surface area contributed by atoms with Gasteiger partial charge in [0.2, 0.25) is 0 Å². The Balaban J connectivity index is 1.63. The second kappa shape index (κ2) is 9.61. The van der Waals surface area contributed by atoms with E-state index in [4.69, 9.17) is 22.1 Å². The predicted octanol–water partition coefficient (Wildman–Crippen LogP) is 3.79. The van der Waals surface area contributed by atoms with Crippen LogP contribution in [0.5, 0.6) is 5.75 Å². The Hall–Kier alpha value is -3.72. The smallest absolute Gasteiger partial charge is 0.255 e. The summed E-state index contributed by atoms with van der Waals surface area (Å²) in [5, 5.41) is 14.8. The molecule has 0 aliphatic heterocycles. The quantitative estimate of drug-likeness (QED) is 0.400. The number of ether oxygens (including phenoxy) is 1. The van der Waals surface area contributed by atoms with Crippen molar-refractivity contribution in [1.82, 2.24) is 29.9 Å². The lowest BCUT2D eigenvalue weighted by Crippen LogP contribution is -2.26. The summed E-state index contributed by atoms with van der Waals surface area (Å²) in [6.07, 6.45) is 2.30. The lowest BCUT2D eigenvalue weighted by molar-refractivity contribution is 0.0954. The van der Waals surface area contributed by atoms with E-state index < -0.39 is 0 Å². The van der Waals surface area contributed by atoms with Gasteiger partial charge in [0, 0.05) is 31.3 Å². The van der Waals surface area contributed by atoms with E-state index >= 15 is 0 Å². The molecule has 1 amide bonds. The van der Waals surface area contributed by atoms with Gasteiger partial charge in [-0.25, -0.2) is 4.68 Å². The summed E-state index contributed by atoms with van der Waals surface area (Å²) in [6, 6.07) is 17.2. The molecule has 2 heterocycles. The zero-order chi connectivity index (χ0) is 22.5. The second-order valence-corrected chi connectivity index (χ2v) is 7.45. The second-order valence-electron chi connectivity index (χ2n) is 7.07. The van der Waals surface area contributed by atoms with E-state index in [2.05, 4.69) is 15.5 Å². The topological polar surface area (TPSA) is 89.8 Å². The van der Waals surface area contributed by atoms with Crippen molar-refractivity contribution in [3.05, 3.63) is 77.0 Å². The predicted molar refractivity (Wildman–Crippen MR) is 125 cm³/mol. The molecule has 0 unspecified atom stereocenters. The van der Waals surface area contributed by atoms with Gasteiger partial charge in [-0.05, 0) is 43.4 Å². The van der Waals surface area contributed by atoms with E-state index in [9.17, 15) is 4.79 Å². The highest BCUT2D eigenvalue weighted by Crippen LogP contribution is 2.31. The molecule has 8 nitrogen and oxygen atoms in total. The number of rotatable bonds is 8. The molecule has 0 bridgehead atoms. The normalized spacial score (nSPS) is 10.8. The Morgan fingerprint density at radius 2 is 1.91 bits per heavy atom. The molecule has 0 radical (unpaired) electrons. The highest BCUT2D eigenvalue weighted by Gasteiger charge is 2.21. The summed E-state index contributed by atoms with van der Waals surface area (Å²) in [6.45, 7) is 3.14. The molecule has 0 fully saturated rings. The Bertz CT molecular complexity index is 1280. The molecule has 4 rings (SSSR count). The summed E-state index contributed by atoms with van der Waals surface area (Å²) in [5.41, 5.74) is 2.63. The van der Waals surface area contributed by atoms with Crippen LogP contribution in [0.1, 0.15) is 23.1 Å². The van der Waals surface area contributed by atoms with Crippen LogP contribution in [0.4, 0.5) is 0 Å². The number of methoxy groups -OCH3 is 1. The molecule has 0 aliphatic carbocycles. The molecule has 32 heavy (non-hydrogen) atoms. The van der Waals surface area contributed by atoms with Crippen molar-refractivity contribution in [2.24, 2.45) is 0 Å². The van der Waals surface area contributed by atoms with Gasteiger partial charge in [0.05, 0.1) is 18.4 Å². The van der Waals surface area contributed by atoms with Crippen molar-refractivity contribution in [1.29, 1.82) is 0 Å². The van der Waals surface area contributed by atoms with E-state index in [0.29, 0.717) is 34.7 Å². The highest BCUT2D eigenvalue weighted by atomic mass is 32.1. The lowest BCUT2D eigenvalue weighted by atomic mass is 10.1. The molecular formula is C23H24N6O2S. The third-order valence-corrected chi connectivity index (χ3v) is 5.44. The van der Waals surface area contributed by atoms with Crippen molar-refractivity contribution in [2.75, 3.05) is 13.7 Å². The minimum atomic E-state index is -0.217. The van der Waals surface area contributed by atoms with Crippen molar-refractivity contribution in [3.8, 4) is 22.7 Å². The fraction of sp³-hybridized carbons (Fsp3) is 0.217. The average molecular weight is 449 g/mol. The minimum Gasteiger partial charge on any atom is -0.496 e. The van der Waals surface area contributed by atoms with Crippen LogP contribution in [0.3, 0.4) is 0 Å². The molecule has 0 saturated carbocycles. The number of aromatic amines is 1. The number of carbonyl (C=O) groups is 1. The maximum atomic E-state index is 13.2. The van der Waals surface area contributed by atoms with Crippen molar-refractivity contribution in [3.63, 3.8) is 0 Å². The maximum absolute atomic E-state index is 13.2. The van der Waals surface area contributed by atoms with Gasteiger partial charge in [-0.2, -0.15) is 10.2 Å². The van der Waals surface area contributed by atoms with E-state index in [1.165, 1.54) is 0 Å². The fourth-order valence-corrected chi connectivity index (χ4v) is 3.82. The van der Waals surface area contributed by atoms with E-state index in [0.717, 1.165) is 23.6 Å². The van der Waals surface area contributed by atoms with Gasteiger partial charge in [0.15, 0.2) is 4.77 Å².